The van der Waals surface area contributed by atoms with E-state index in [-0.39, 0.29) is 23.6 Å². The zero-order chi connectivity index (χ0) is 24.1. The zero-order valence-corrected chi connectivity index (χ0v) is 20.2. The van der Waals surface area contributed by atoms with Crippen molar-refractivity contribution in [1.82, 2.24) is 9.88 Å². The predicted molar refractivity (Wildman–Crippen MR) is 135 cm³/mol. The molecule has 0 bridgehead atoms. The summed E-state index contributed by atoms with van der Waals surface area (Å²) in [7, 11) is 0. The molecule has 4 aromatic rings. The van der Waals surface area contributed by atoms with Crippen LogP contribution in [-0.4, -0.2) is 32.9 Å². The van der Waals surface area contributed by atoms with Crippen molar-refractivity contribution in [2.24, 2.45) is 0 Å². The first-order chi connectivity index (χ1) is 16.4. The van der Waals surface area contributed by atoms with E-state index in [1.54, 1.807) is 18.5 Å². The number of thiophene rings is 1. The molecular formula is C26H20Cl2N2O3S. The van der Waals surface area contributed by atoms with E-state index < -0.39 is 17.9 Å². The van der Waals surface area contributed by atoms with Crippen LogP contribution in [0.15, 0.2) is 84.5 Å². The molecule has 0 radical (unpaired) electrons. The van der Waals surface area contributed by atoms with E-state index in [1.807, 2.05) is 53.9 Å². The van der Waals surface area contributed by atoms with Gasteiger partial charge in [-0.15, -0.1) is 11.3 Å². The molecular weight excluding hydrogens is 491 g/mol. The van der Waals surface area contributed by atoms with Gasteiger partial charge in [-0.3, -0.25) is 9.78 Å². The van der Waals surface area contributed by atoms with E-state index in [0.717, 1.165) is 21.6 Å². The Morgan fingerprint density at radius 3 is 2.50 bits per heavy atom. The Balaban J connectivity index is 1.76. The number of carbonyl (C=O) groups excluding carboxylic acids is 1. The highest BCUT2D eigenvalue weighted by Crippen LogP contribution is 2.31. The molecule has 1 atom stereocenters. The number of hydrogen-bond donors (Lipinski definition) is 1. The summed E-state index contributed by atoms with van der Waals surface area (Å²) in [5.41, 5.74) is 2.81. The molecule has 1 N–H and O–H groups in total. The van der Waals surface area contributed by atoms with Crippen molar-refractivity contribution in [2.45, 2.75) is 19.0 Å². The molecule has 0 saturated carbocycles. The van der Waals surface area contributed by atoms with Crippen LogP contribution in [0.4, 0.5) is 0 Å². The van der Waals surface area contributed by atoms with Crippen LogP contribution in [0.2, 0.25) is 10.0 Å². The molecule has 2 heterocycles. The number of carbonyl (C=O) groups is 2. The number of carboxylic acid groups (broad SMARTS) is 1. The second-order valence-corrected chi connectivity index (χ2v) is 9.44. The third kappa shape index (κ3) is 5.47. The average Bonchev–Trinajstić information content (AvgIpc) is 3.30. The third-order valence-electron chi connectivity index (χ3n) is 5.39. The van der Waals surface area contributed by atoms with Gasteiger partial charge in [-0.2, -0.15) is 0 Å². The average molecular weight is 511 g/mol. The minimum Gasteiger partial charge on any atom is -0.480 e. The standard InChI is InChI=1S/C26H20Cl2N2O3S/c27-19-8-9-21(22(28)14-19)25(31)30(23(26(32)33)13-17-5-2-1-3-6-17)16-24-20(10-12-34-24)18-7-4-11-29-15-18/h1-12,14-15,23H,13,16H2,(H,32,33). The number of hydrogen-bond acceptors (Lipinski definition) is 4. The minimum atomic E-state index is -1.11. The molecule has 34 heavy (non-hydrogen) atoms. The summed E-state index contributed by atoms with van der Waals surface area (Å²) < 4.78 is 0. The van der Waals surface area contributed by atoms with Crippen LogP contribution in [0.3, 0.4) is 0 Å². The van der Waals surface area contributed by atoms with E-state index in [4.69, 9.17) is 23.2 Å². The molecule has 1 amide bonds. The van der Waals surface area contributed by atoms with Gasteiger partial charge in [-0.1, -0.05) is 59.6 Å². The summed E-state index contributed by atoms with van der Waals surface area (Å²) in [6.45, 7) is 0.101. The van der Waals surface area contributed by atoms with Gasteiger partial charge in [0, 0.05) is 34.3 Å². The number of aromatic nitrogens is 1. The van der Waals surface area contributed by atoms with Crippen molar-refractivity contribution >= 4 is 46.4 Å². The number of benzene rings is 2. The van der Waals surface area contributed by atoms with Crippen molar-refractivity contribution in [1.29, 1.82) is 0 Å². The fourth-order valence-corrected chi connectivity index (χ4v) is 5.09. The van der Waals surface area contributed by atoms with Crippen LogP contribution in [0, 0.1) is 0 Å². The smallest absolute Gasteiger partial charge is 0.326 e. The van der Waals surface area contributed by atoms with Crippen LogP contribution in [0.5, 0.6) is 0 Å². The van der Waals surface area contributed by atoms with Crippen molar-refractivity contribution in [3.05, 3.63) is 111 Å². The fraction of sp³-hybridized carbons (Fsp3) is 0.115. The van der Waals surface area contributed by atoms with E-state index in [1.165, 1.54) is 28.4 Å². The lowest BCUT2D eigenvalue weighted by molar-refractivity contribution is -0.142. The quantitative estimate of drug-likeness (QED) is 0.295. The van der Waals surface area contributed by atoms with Crippen molar-refractivity contribution in [3.8, 4) is 11.1 Å². The highest BCUT2D eigenvalue weighted by molar-refractivity contribution is 7.10. The summed E-state index contributed by atoms with van der Waals surface area (Å²) >= 11 is 13.8. The number of pyridine rings is 1. The predicted octanol–water partition coefficient (Wildman–Crippen LogP) is 6.46. The van der Waals surface area contributed by atoms with Gasteiger partial charge in [-0.25, -0.2) is 4.79 Å². The Morgan fingerprint density at radius 2 is 1.82 bits per heavy atom. The van der Waals surface area contributed by atoms with Crippen molar-refractivity contribution < 1.29 is 14.7 Å². The number of rotatable bonds is 8. The largest absolute Gasteiger partial charge is 0.480 e. The lowest BCUT2D eigenvalue weighted by atomic mass is 10.0. The lowest BCUT2D eigenvalue weighted by Crippen LogP contribution is -2.46. The summed E-state index contributed by atoms with van der Waals surface area (Å²) in [5.74, 6) is -1.57. The Morgan fingerprint density at radius 1 is 1.03 bits per heavy atom. The van der Waals surface area contributed by atoms with Gasteiger partial charge in [0.1, 0.15) is 6.04 Å². The SMILES string of the molecule is O=C(O)C(Cc1ccccc1)N(Cc1sccc1-c1cccnc1)C(=O)c1ccc(Cl)cc1Cl. The van der Waals surface area contributed by atoms with Gasteiger partial charge in [0.2, 0.25) is 0 Å². The molecule has 4 rings (SSSR count). The Labute approximate surface area is 211 Å². The first-order valence-electron chi connectivity index (χ1n) is 10.4. The molecule has 2 aromatic heterocycles. The first-order valence-corrected chi connectivity index (χ1v) is 12.1. The summed E-state index contributed by atoms with van der Waals surface area (Å²) in [4.78, 5) is 32.6. The van der Waals surface area contributed by atoms with Gasteiger partial charge in [0.05, 0.1) is 17.1 Å². The summed E-state index contributed by atoms with van der Waals surface area (Å²) in [5, 5.41) is 12.7. The normalized spacial score (nSPS) is 11.7. The fourth-order valence-electron chi connectivity index (χ4n) is 3.71. The van der Waals surface area contributed by atoms with Gasteiger partial charge in [0.15, 0.2) is 0 Å². The first kappa shape index (κ1) is 24.0. The van der Waals surface area contributed by atoms with Crippen LogP contribution in [0.1, 0.15) is 20.8 Å². The molecule has 172 valence electrons. The monoisotopic (exact) mass is 510 g/mol. The van der Waals surface area contributed by atoms with Gasteiger partial charge in [0.25, 0.3) is 5.91 Å². The summed E-state index contributed by atoms with van der Waals surface area (Å²) in [6.07, 6.45) is 3.58. The molecule has 0 aliphatic heterocycles. The molecule has 8 heteroatoms. The third-order valence-corrected chi connectivity index (χ3v) is 6.84. The molecule has 0 saturated heterocycles. The van der Waals surface area contributed by atoms with E-state index in [0.29, 0.717) is 5.02 Å². The maximum Gasteiger partial charge on any atom is 0.326 e. The maximum atomic E-state index is 13.7. The maximum absolute atomic E-state index is 13.7. The number of halogens is 2. The number of carboxylic acids is 1. The van der Waals surface area contributed by atoms with E-state index >= 15 is 0 Å². The minimum absolute atomic E-state index is 0.101. The van der Waals surface area contributed by atoms with E-state index in [2.05, 4.69) is 4.98 Å². The van der Waals surface area contributed by atoms with E-state index in [9.17, 15) is 14.7 Å². The Bertz CT molecular complexity index is 1300. The number of aliphatic carboxylic acids is 1. The van der Waals surface area contributed by atoms with Crippen molar-refractivity contribution in [3.63, 3.8) is 0 Å². The molecule has 1 unspecified atom stereocenters. The second kappa shape index (κ2) is 10.8. The van der Waals surface area contributed by atoms with Gasteiger partial charge < -0.3 is 10.0 Å². The zero-order valence-electron chi connectivity index (χ0n) is 17.9. The number of amides is 1. The molecule has 0 fully saturated rings. The lowest BCUT2D eigenvalue weighted by Gasteiger charge is -2.30. The van der Waals surface area contributed by atoms with Crippen LogP contribution in [0.25, 0.3) is 11.1 Å². The molecule has 0 aliphatic rings. The highest BCUT2D eigenvalue weighted by Gasteiger charge is 2.32. The highest BCUT2D eigenvalue weighted by atomic mass is 35.5. The molecule has 0 aliphatic carbocycles. The molecule has 5 nitrogen and oxygen atoms in total. The van der Waals surface area contributed by atoms with Gasteiger partial charge in [-0.05, 0) is 46.8 Å². The summed E-state index contributed by atoms with van der Waals surface area (Å²) in [6, 6.07) is 18.4. The van der Waals surface area contributed by atoms with Crippen LogP contribution in [-0.2, 0) is 17.8 Å². The molecule has 2 aromatic carbocycles. The van der Waals surface area contributed by atoms with Crippen LogP contribution < -0.4 is 0 Å². The number of nitrogens with zero attached hydrogens (tertiary/aromatic N) is 2. The Hall–Kier alpha value is -3.19. The van der Waals surface area contributed by atoms with Crippen molar-refractivity contribution in [2.75, 3.05) is 0 Å². The Kier molecular flexibility index (Phi) is 7.63. The molecule has 0 spiro atoms. The second-order valence-electron chi connectivity index (χ2n) is 7.60. The van der Waals surface area contributed by atoms with Crippen LogP contribution >= 0.6 is 34.5 Å². The van der Waals surface area contributed by atoms with Gasteiger partial charge >= 0.3 is 5.97 Å². The topological polar surface area (TPSA) is 70.5 Å².